The van der Waals surface area contributed by atoms with E-state index in [2.05, 4.69) is 26.1 Å². The van der Waals surface area contributed by atoms with E-state index in [0.29, 0.717) is 0 Å². The van der Waals surface area contributed by atoms with Gasteiger partial charge in [0.25, 0.3) is 0 Å². The third-order valence-electron chi connectivity index (χ3n) is 4.56. The van der Waals surface area contributed by atoms with Crippen molar-refractivity contribution in [1.82, 2.24) is 5.32 Å². The molecule has 0 radical (unpaired) electrons. The summed E-state index contributed by atoms with van der Waals surface area (Å²) in [5.41, 5.74) is -0.0247. The normalized spacial score (nSPS) is 27.0. The van der Waals surface area contributed by atoms with Gasteiger partial charge in [0.05, 0.1) is 6.61 Å². The van der Waals surface area contributed by atoms with Gasteiger partial charge in [0.2, 0.25) is 0 Å². The summed E-state index contributed by atoms with van der Waals surface area (Å²) in [6.45, 7) is 8.04. The van der Waals surface area contributed by atoms with Crippen molar-refractivity contribution in [2.75, 3.05) is 13.2 Å². The molecular formula is C14H29NO. The van der Waals surface area contributed by atoms with Crippen molar-refractivity contribution >= 4 is 0 Å². The molecule has 0 aliphatic heterocycles. The van der Waals surface area contributed by atoms with Gasteiger partial charge in [-0.15, -0.1) is 0 Å². The first-order valence-electron chi connectivity index (χ1n) is 7.01. The van der Waals surface area contributed by atoms with Gasteiger partial charge < -0.3 is 10.4 Å². The van der Waals surface area contributed by atoms with E-state index in [1.807, 2.05) is 0 Å². The maximum Gasteiger partial charge on any atom is 0.0613 e. The Bertz CT molecular complexity index is 173. The Morgan fingerprint density at radius 2 is 1.69 bits per heavy atom. The van der Waals surface area contributed by atoms with E-state index in [1.54, 1.807) is 0 Å². The van der Waals surface area contributed by atoms with Crippen LogP contribution in [0.25, 0.3) is 0 Å². The molecule has 0 aromatic rings. The van der Waals surface area contributed by atoms with Crippen molar-refractivity contribution in [1.29, 1.82) is 0 Å². The van der Waals surface area contributed by atoms with Gasteiger partial charge in [0.15, 0.2) is 0 Å². The maximum absolute atomic E-state index is 9.49. The number of nitrogens with one attached hydrogen (secondary N) is 1. The Morgan fingerprint density at radius 1 is 1.12 bits per heavy atom. The number of rotatable bonds is 6. The lowest BCUT2D eigenvalue weighted by atomic mass is 9.82. The second kappa shape index (κ2) is 6.61. The lowest BCUT2D eigenvalue weighted by molar-refractivity contribution is 0.139. The van der Waals surface area contributed by atoms with Gasteiger partial charge in [-0.05, 0) is 44.1 Å². The van der Waals surface area contributed by atoms with Gasteiger partial charge in [-0.25, -0.2) is 0 Å². The summed E-state index contributed by atoms with van der Waals surface area (Å²) < 4.78 is 0. The zero-order chi connectivity index (χ0) is 12.0. The molecule has 2 heteroatoms. The van der Waals surface area contributed by atoms with Crippen LogP contribution >= 0.6 is 0 Å². The molecule has 0 saturated heterocycles. The van der Waals surface area contributed by atoms with Crippen LogP contribution in [0.2, 0.25) is 0 Å². The molecule has 96 valence electrons. The monoisotopic (exact) mass is 227 g/mol. The zero-order valence-corrected chi connectivity index (χ0v) is 11.3. The molecule has 0 spiro atoms. The summed E-state index contributed by atoms with van der Waals surface area (Å²) in [5.74, 6) is 1.76. The van der Waals surface area contributed by atoms with Crippen molar-refractivity contribution in [3.05, 3.63) is 0 Å². The Morgan fingerprint density at radius 3 is 2.12 bits per heavy atom. The highest BCUT2D eigenvalue weighted by Gasteiger charge is 2.26. The van der Waals surface area contributed by atoms with Crippen molar-refractivity contribution in [2.24, 2.45) is 11.8 Å². The van der Waals surface area contributed by atoms with E-state index in [1.165, 1.54) is 25.7 Å². The van der Waals surface area contributed by atoms with Crippen molar-refractivity contribution in [3.8, 4) is 0 Å². The fraction of sp³-hybridized carbons (Fsp3) is 1.00. The third kappa shape index (κ3) is 3.74. The number of hydrogen-bond acceptors (Lipinski definition) is 2. The predicted octanol–water partition coefficient (Wildman–Crippen LogP) is 2.95. The number of hydrogen-bond donors (Lipinski definition) is 2. The van der Waals surface area contributed by atoms with Gasteiger partial charge in [0.1, 0.15) is 0 Å². The van der Waals surface area contributed by atoms with Crippen LogP contribution in [0.1, 0.15) is 59.3 Å². The fourth-order valence-electron chi connectivity index (χ4n) is 2.67. The van der Waals surface area contributed by atoms with E-state index >= 15 is 0 Å². The predicted molar refractivity (Wildman–Crippen MR) is 69.5 cm³/mol. The molecule has 1 saturated carbocycles. The van der Waals surface area contributed by atoms with Crippen LogP contribution in [0, 0.1) is 11.8 Å². The molecule has 1 rings (SSSR count). The van der Waals surface area contributed by atoms with Crippen molar-refractivity contribution in [2.45, 2.75) is 64.8 Å². The highest BCUT2D eigenvalue weighted by Crippen LogP contribution is 2.28. The Labute approximate surface area is 101 Å². The van der Waals surface area contributed by atoms with Crippen LogP contribution in [0.3, 0.4) is 0 Å². The highest BCUT2D eigenvalue weighted by atomic mass is 16.3. The van der Waals surface area contributed by atoms with Gasteiger partial charge in [0, 0.05) is 5.54 Å². The summed E-state index contributed by atoms with van der Waals surface area (Å²) in [4.78, 5) is 0. The zero-order valence-electron chi connectivity index (χ0n) is 11.3. The molecule has 1 aliphatic rings. The molecule has 0 amide bonds. The summed E-state index contributed by atoms with van der Waals surface area (Å²) >= 11 is 0. The molecule has 0 aromatic carbocycles. The molecule has 0 heterocycles. The Kier molecular flexibility index (Phi) is 5.77. The lowest BCUT2D eigenvalue weighted by Gasteiger charge is -2.34. The molecule has 0 bridgehead atoms. The summed E-state index contributed by atoms with van der Waals surface area (Å²) in [5, 5.41) is 13.1. The van der Waals surface area contributed by atoms with Crippen molar-refractivity contribution in [3.63, 3.8) is 0 Å². The van der Waals surface area contributed by atoms with E-state index < -0.39 is 0 Å². The molecule has 0 atom stereocenters. The molecule has 1 fully saturated rings. The van der Waals surface area contributed by atoms with Crippen molar-refractivity contribution < 1.29 is 5.11 Å². The Hall–Kier alpha value is -0.0800. The molecule has 0 unspecified atom stereocenters. The van der Waals surface area contributed by atoms with Crippen LogP contribution in [0.4, 0.5) is 0 Å². The number of aliphatic hydroxyl groups excluding tert-OH is 1. The lowest BCUT2D eigenvalue weighted by Crippen LogP contribution is -2.49. The average molecular weight is 227 g/mol. The van der Waals surface area contributed by atoms with E-state index in [0.717, 1.165) is 31.2 Å². The Balaban J connectivity index is 2.32. The molecule has 1 aliphatic carbocycles. The van der Waals surface area contributed by atoms with Crippen LogP contribution in [0.5, 0.6) is 0 Å². The molecule has 2 nitrogen and oxygen atoms in total. The molecule has 0 aromatic heterocycles. The first-order valence-corrected chi connectivity index (χ1v) is 7.01. The smallest absolute Gasteiger partial charge is 0.0613 e. The minimum absolute atomic E-state index is 0.0247. The second-order valence-corrected chi connectivity index (χ2v) is 5.65. The first-order chi connectivity index (χ1) is 7.65. The molecule has 16 heavy (non-hydrogen) atoms. The summed E-state index contributed by atoms with van der Waals surface area (Å²) in [7, 11) is 0. The van der Waals surface area contributed by atoms with Crippen LogP contribution in [-0.2, 0) is 0 Å². The number of aliphatic hydroxyl groups is 1. The largest absolute Gasteiger partial charge is 0.394 e. The van der Waals surface area contributed by atoms with Gasteiger partial charge >= 0.3 is 0 Å². The van der Waals surface area contributed by atoms with Crippen LogP contribution in [-0.4, -0.2) is 23.8 Å². The third-order valence-corrected chi connectivity index (χ3v) is 4.56. The van der Waals surface area contributed by atoms with Gasteiger partial charge in [-0.1, -0.05) is 33.6 Å². The topological polar surface area (TPSA) is 32.3 Å². The van der Waals surface area contributed by atoms with E-state index in [9.17, 15) is 5.11 Å². The SMILES string of the molecule is CCC(CC)(CO)NCC1CCC(C)CC1. The average Bonchev–Trinajstić information content (AvgIpc) is 2.34. The van der Waals surface area contributed by atoms with Crippen LogP contribution in [0.15, 0.2) is 0 Å². The maximum atomic E-state index is 9.49. The minimum Gasteiger partial charge on any atom is -0.394 e. The summed E-state index contributed by atoms with van der Waals surface area (Å²) in [6, 6.07) is 0. The standard InChI is InChI=1S/C14H29NO/c1-4-14(5-2,11-16)15-10-13-8-6-12(3)7-9-13/h12-13,15-16H,4-11H2,1-3H3. The van der Waals surface area contributed by atoms with Gasteiger partial charge in [-0.2, -0.15) is 0 Å². The van der Waals surface area contributed by atoms with E-state index in [4.69, 9.17) is 0 Å². The quantitative estimate of drug-likeness (QED) is 0.731. The summed E-state index contributed by atoms with van der Waals surface area (Å²) in [6.07, 6.45) is 7.53. The minimum atomic E-state index is -0.0247. The molecule has 2 N–H and O–H groups in total. The second-order valence-electron chi connectivity index (χ2n) is 5.65. The van der Waals surface area contributed by atoms with E-state index in [-0.39, 0.29) is 12.1 Å². The first kappa shape index (κ1) is 14.0. The van der Waals surface area contributed by atoms with Crippen LogP contribution < -0.4 is 5.32 Å². The fourth-order valence-corrected chi connectivity index (χ4v) is 2.67. The highest BCUT2D eigenvalue weighted by molar-refractivity contribution is 4.86. The molecular weight excluding hydrogens is 198 g/mol. The van der Waals surface area contributed by atoms with Gasteiger partial charge in [-0.3, -0.25) is 0 Å².